The van der Waals surface area contributed by atoms with E-state index in [9.17, 15) is 9.59 Å². The summed E-state index contributed by atoms with van der Waals surface area (Å²) in [5.41, 5.74) is 4.47. The molecule has 4 rings (SSSR count). The fraction of sp³-hybridized carbons (Fsp3) is 0.0435. The molecule has 144 valence electrons. The van der Waals surface area contributed by atoms with Crippen LogP contribution in [0.4, 0.5) is 11.4 Å². The standard InChI is InChI=1S/C23H17ClN2O3/c1-29-23(28)15-7-12-18-19(13-15)26-22(27)20(18)21(14-5-3-2-4-6-14)25-17-10-8-16(24)9-11-17/h2-13,25H,1H3,(H,26,27)/b21-20-. The molecule has 1 aliphatic heterocycles. The van der Waals surface area contributed by atoms with E-state index in [0.717, 1.165) is 11.3 Å². The molecule has 0 radical (unpaired) electrons. The average Bonchev–Trinajstić information content (AvgIpc) is 3.08. The Kier molecular flexibility index (Phi) is 5.06. The number of ether oxygens (including phenoxy) is 1. The Labute approximate surface area is 173 Å². The van der Waals surface area contributed by atoms with Crippen LogP contribution in [0.5, 0.6) is 0 Å². The van der Waals surface area contributed by atoms with Crippen LogP contribution in [-0.4, -0.2) is 19.0 Å². The number of anilines is 2. The summed E-state index contributed by atoms with van der Waals surface area (Å²) in [7, 11) is 1.32. The smallest absolute Gasteiger partial charge is 0.337 e. The molecule has 0 aliphatic carbocycles. The molecule has 0 bridgehead atoms. The molecule has 6 heteroatoms. The highest BCUT2D eigenvalue weighted by atomic mass is 35.5. The molecule has 0 saturated carbocycles. The fourth-order valence-corrected chi connectivity index (χ4v) is 3.35. The van der Waals surface area contributed by atoms with Gasteiger partial charge < -0.3 is 15.4 Å². The maximum atomic E-state index is 12.9. The predicted molar refractivity (Wildman–Crippen MR) is 115 cm³/mol. The lowest BCUT2D eigenvalue weighted by molar-refractivity contribution is -0.110. The zero-order chi connectivity index (χ0) is 20.4. The first-order chi connectivity index (χ1) is 14.1. The van der Waals surface area contributed by atoms with Gasteiger partial charge in [0.1, 0.15) is 0 Å². The number of esters is 1. The number of carbonyl (C=O) groups is 2. The van der Waals surface area contributed by atoms with Gasteiger partial charge in [0, 0.05) is 16.3 Å². The third kappa shape index (κ3) is 3.73. The minimum absolute atomic E-state index is 0.248. The van der Waals surface area contributed by atoms with E-state index in [0.29, 0.717) is 33.1 Å². The highest BCUT2D eigenvalue weighted by molar-refractivity contribution is 6.37. The van der Waals surface area contributed by atoms with Crippen molar-refractivity contribution in [2.75, 3.05) is 17.7 Å². The third-order valence-corrected chi connectivity index (χ3v) is 4.86. The van der Waals surface area contributed by atoms with Crippen LogP contribution >= 0.6 is 11.6 Å². The number of hydrogen-bond acceptors (Lipinski definition) is 4. The van der Waals surface area contributed by atoms with Gasteiger partial charge in [0.25, 0.3) is 5.91 Å². The van der Waals surface area contributed by atoms with E-state index in [1.165, 1.54) is 7.11 Å². The first kappa shape index (κ1) is 18.8. The lowest BCUT2D eigenvalue weighted by Gasteiger charge is -2.15. The molecule has 1 heterocycles. The molecule has 0 fully saturated rings. The first-order valence-electron chi connectivity index (χ1n) is 8.93. The number of hydrogen-bond donors (Lipinski definition) is 2. The van der Waals surface area contributed by atoms with Gasteiger partial charge in [-0.15, -0.1) is 0 Å². The second kappa shape index (κ2) is 7.81. The number of nitrogens with one attached hydrogen (secondary N) is 2. The number of amides is 1. The maximum Gasteiger partial charge on any atom is 0.337 e. The lowest BCUT2D eigenvalue weighted by atomic mass is 9.99. The van der Waals surface area contributed by atoms with Crippen molar-refractivity contribution in [1.82, 2.24) is 0 Å². The van der Waals surface area contributed by atoms with E-state index >= 15 is 0 Å². The van der Waals surface area contributed by atoms with E-state index < -0.39 is 5.97 Å². The second-order valence-electron chi connectivity index (χ2n) is 6.45. The summed E-state index contributed by atoms with van der Waals surface area (Å²) in [5, 5.41) is 6.83. The van der Waals surface area contributed by atoms with Gasteiger partial charge in [-0.25, -0.2) is 4.79 Å². The normalized spacial score (nSPS) is 14.1. The quantitative estimate of drug-likeness (QED) is 0.471. The molecule has 3 aromatic rings. The van der Waals surface area contributed by atoms with Gasteiger partial charge in [0.2, 0.25) is 0 Å². The molecule has 2 N–H and O–H groups in total. The number of halogens is 1. The molecule has 1 amide bonds. The molecule has 1 aliphatic rings. The van der Waals surface area contributed by atoms with E-state index in [4.69, 9.17) is 16.3 Å². The van der Waals surface area contributed by atoms with E-state index in [1.807, 2.05) is 42.5 Å². The number of methoxy groups -OCH3 is 1. The van der Waals surface area contributed by atoms with Crippen LogP contribution in [0.15, 0.2) is 72.8 Å². The summed E-state index contributed by atoms with van der Waals surface area (Å²) in [5.74, 6) is -0.704. The number of rotatable bonds is 4. The van der Waals surface area contributed by atoms with Crippen LogP contribution in [0, 0.1) is 0 Å². The number of carbonyl (C=O) groups excluding carboxylic acids is 2. The van der Waals surface area contributed by atoms with Crippen molar-refractivity contribution < 1.29 is 14.3 Å². The summed E-state index contributed by atoms with van der Waals surface area (Å²) in [6.45, 7) is 0. The fourth-order valence-electron chi connectivity index (χ4n) is 3.23. The van der Waals surface area contributed by atoms with Crippen LogP contribution in [0.25, 0.3) is 11.3 Å². The topological polar surface area (TPSA) is 67.4 Å². The molecule has 5 nitrogen and oxygen atoms in total. The highest BCUT2D eigenvalue weighted by Gasteiger charge is 2.29. The minimum atomic E-state index is -0.456. The van der Waals surface area contributed by atoms with Gasteiger partial charge in [-0.1, -0.05) is 48.0 Å². The van der Waals surface area contributed by atoms with Crippen LogP contribution in [0.2, 0.25) is 5.02 Å². The first-order valence-corrected chi connectivity index (χ1v) is 9.31. The summed E-state index contributed by atoms with van der Waals surface area (Å²) < 4.78 is 4.77. The number of fused-ring (bicyclic) bond motifs is 1. The highest BCUT2D eigenvalue weighted by Crippen LogP contribution is 2.38. The monoisotopic (exact) mass is 404 g/mol. The van der Waals surface area contributed by atoms with E-state index in [-0.39, 0.29) is 5.91 Å². The summed E-state index contributed by atoms with van der Waals surface area (Å²) in [6, 6.07) is 21.9. The average molecular weight is 405 g/mol. The number of benzene rings is 3. The molecule has 3 aromatic carbocycles. The van der Waals surface area contributed by atoms with E-state index in [1.54, 1.807) is 30.3 Å². The van der Waals surface area contributed by atoms with Crippen LogP contribution < -0.4 is 10.6 Å². The zero-order valence-electron chi connectivity index (χ0n) is 15.5. The second-order valence-corrected chi connectivity index (χ2v) is 6.89. The van der Waals surface area contributed by atoms with Gasteiger partial charge in [-0.05, 0) is 42.0 Å². The summed E-state index contributed by atoms with van der Waals surface area (Å²) >= 11 is 5.99. The zero-order valence-corrected chi connectivity index (χ0v) is 16.3. The van der Waals surface area contributed by atoms with Crippen molar-refractivity contribution in [3.8, 4) is 0 Å². The van der Waals surface area contributed by atoms with Crippen LogP contribution in [-0.2, 0) is 9.53 Å². The van der Waals surface area contributed by atoms with Gasteiger partial charge >= 0.3 is 5.97 Å². The van der Waals surface area contributed by atoms with E-state index in [2.05, 4.69) is 10.6 Å². The van der Waals surface area contributed by atoms with Crippen LogP contribution in [0.1, 0.15) is 21.5 Å². The maximum absolute atomic E-state index is 12.9. The Morgan fingerprint density at radius 3 is 2.38 bits per heavy atom. The van der Waals surface area contributed by atoms with Crippen LogP contribution in [0.3, 0.4) is 0 Å². The SMILES string of the molecule is COC(=O)c1ccc2c(c1)NC(=O)/C2=C(\Nc1ccc(Cl)cc1)c1ccccc1. The largest absolute Gasteiger partial charge is 0.465 e. The molecule has 0 saturated heterocycles. The van der Waals surface area contributed by atoms with Crippen molar-refractivity contribution in [2.24, 2.45) is 0 Å². The predicted octanol–water partition coefficient (Wildman–Crippen LogP) is 5.06. The Morgan fingerprint density at radius 2 is 1.69 bits per heavy atom. The van der Waals surface area contributed by atoms with Crippen molar-refractivity contribution in [1.29, 1.82) is 0 Å². The van der Waals surface area contributed by atoms with Gasteiger partial charge in [0.05, 0.1) is 29.6 Å². The van der Waals surface area contributed by atoms with Gasteiger partial charge in [-0.3, -0.25) is 4.79 Å². The Hall–Kier alpha value is -3.57. The van der Waals surface area contributed by atoms with Gasteiger partial charge in [-0.2, -0.15) is 0 Å². The van der Waals surface area contributed by atoms with Crippen molar-refractivity contribution in [2.45, 2.75) is 0 Å². The van der Waals surface area contributed by atoms with Gasteiger partial charge in [0.15, 0.2) is 0 Å². The van der Waals surface area contributed by atoms with Crippen molar-refractivity contribution >= 4 is 46.1 Å². The molecule has 0 spiro atoms. The van der Waals surface area contributed by atoms with Crippen molar-refractivity contribution in [3.05, 3.63) is 94.5 Å². The Balaban J connectivity index is 1.86. The Bertz CT molecular complexity index is 1120. The van der Waals surface area contributed by atoms with Crippen molar-refractivity contribution in [3.63, 3.8) is 0 Å². The lowest BCUT2D eigenvalue weighted by Crippen LogP contribution is -2.10. The summed E-state index contributed by atoms with van der Waals surface area (Å²) in [6.07, 6.45) is 0. The molecule has 0 unspecified atom stereocenters. The molecule has 0 atom stereocenters. The molecular weight excluding hydrogens is 388 g/mol. The Morgan fingerprint density at radius 1 is 0.966 bits per heavy atom. The molecule has 29 heavy (non-hydrogen) atoms. The minimum Gasteiger partial charge on any atom is -0.465 e. The molecule has 0 aromatic heterocycles. The molecular formula is C23H17ClN2O3. The summed E-state index contributed by atoms with van der Waals surface area (Å²) in [4.78, 5) is 24.7. The third-order valence-electron chi connectivity index (χ3n) is 4.61.